The second kappa shape index (κ2) is 7.99. The number of likely N-dealkylation sites (tertiary alicyclic amines) is 1. The highest BCUT2D eigenvalue weighted by Crippen LogP contribution is 2.23. The number of piperidine rings is 1. The maximum Gasteiger partial charge on any atom is 0.410 e. The van der Waals surface area contributed by atoms with E-state index in [0.29, 0.717) is 32.2 Å². The van der Waals surface area contributed by atoms with Crippen LogP contribution in [-0.4, -0.2) is 59.3 Å². The highest BCUT2D eigenvalue weighted by atomic mass is 16.6. The molecule has 3 rings (SSSR count). The molecule has 0 spiro atoms. The molecule has 2 aliphatic heterocycles. The molecule has 0 aliphatic carbocycles. The lowest BCUT2D eigenvalue weighted by Gasteiger charge is -2.37. The second-order valence-electron chi connectivity index (χ2n) is 6.38. The Morgan fingerprint density at radius 2 is 1.88 bits per heavy atom. The molecule has 0 aromatic heterocycles. The van der Waals surface area contributed by atoms with Crippen LogP contribution >= 0.6 is 0 Å². The molecular weight excluding hydrogens is 338 g/mol. The van der Waals surface area contributed by atoms with Crippen LogP contribution in [0.15, 0.2) is 30.3 Å². The Kier molecular flexibility index (Phi) is 5.50. The number of nitrogens with one attached hydrogen (secondary N) is 1. The number of amides is 4. The lowest BCUT2D eigenvalue weighted by molar-refractivity contribution is -0.124. The van der Waals surface area contributed by atoms with Crippen LogP contribution < -0.4 is 5.32 Å². The molecule has 2 saturated heterocycles. The third-order valence-electron chi connectivity index (χ3n) is 4.74. The summed E-state index contributed by atoms with van der Waals surface area (Å²) in [5.41, 5.74) is 0.916. The largest absolute Gasteiger partial charge is 0.445 e. The number of benzene rings is 1. The molecule has 8 heteroatoms. The fraction of sp³-hybridized carbons (Fsp3) is 0.444. The minimum atomic E-state index is -0.749. The number of rotatable bonds is 5. The van der Waals surface area contributed by atoms with E-state index in [9.17, 15) is 19.2 Å². The van der Waals surface area contributed by atoms with Crippen LogP contribution in [0.2, 0.25) is 0 Å². The van der Waals surface area contributed by atoms with Crippen molar-refractivity contribution in [2.45, 2.75) is 38.0 Å². The molecule has 4 amide bonds. The molecule has 0 bridgehead atoms. The van der Waals surface area contributed by atoms with E-state index in [2.05, 4.69) is 5.32 Å². The van der Waals surface area contributed by atoms with E-state index < -0.39 is 24.1 Å². The average molecular weight is 359 g/mol. The van der Waals surface area contributed by atoms with Gasteiger partial charge in [-0.25, -0.2) is 9.59 Å². The average Bonchev–Trinajstić information content (AvgIpc) is 2.94. The number of urea groups is 1. The molecule has 0 radical (unpaired) electrons. The maximum absolute atomic E-state index is 12.2. The number of carbonyl (C=O) groups is 4. The monoisotopic (exact) mass is 359 g/mol. The van der Waals surface area contributed by atoms with Crippen molar-refractivity contribution in [1.82, 2.24) is 15.1 Å². The first-order chi connectivity index (χ1) is 12.6. The summed E-state index contributed by atoms with van der Waals surface area (Å²) in [5, 5.41) is 2.26. The fourth-order valence-corrected chi connectivity index (χ4v) is 3.39. The molecule has 1 unspecified atom stereocenters. The molecule has 2 heterocycles. The minimum Gasteiger partial charge on any atom is -0.445 e. The van der Waals surface area contributed by atoms with E-state index in [0.717, 1.165) is 5.56 Å². The normalized spacial score (nSPS) is 20.8. The zero-order valence-electron chi connectivity index (χ0n) is 14.3. The first kappa shape index (κ1) is 17.9. The molecule has 8 nitrogen and oxygen atoms in total. The van der Waals surface area contributed by atoms with Gasteiger partial charge in [0.2, 0.25) is 0 Å². The quantitative estimate of drug-likeness (QED) is 0.631. The smallest absolute Gasteiger partial charge is 0.410 e. The van der Waals surface area contributed by atoms with E-state index >= 15 is 0 Å². The van der Waals surface area contributed by atoms with Gasteiger partial charge in [-0.15, -0.1) is 0 Å². The Labute approximate surface area is 151 Å². The van der Waals surface area contributed by atoms with E-state index in [1.165, 1.54) is 4.90 Å². The Morgan fingerprint density at radius 1 is 1.19 bits per heavy atom. The zero-order chi connectivity index (χ0) is 18.5. The van der Waals surface area contributed by atoms with Gasteiger partial charge in [0.15, 0.2) is 0 Å². The Bertz CT molecular complexity index is 685. The number of imide groups is 1. The fourth-order valence-electron chi connectivity index (χ4n) is 3.39. The minimum absolute atomic E-state index is 0.0170. The number of ether oxygens (including phenoxy) is 1. The van der Waals surface area contributed by atoms with Crippen molar-refractivity contribution in [3.8, 4) is 0 Å². The van der Waals surface area contributed by atoms with Crippen LogP contribution in [0.4, 0.5) is 9.59 Å². The van der Waals surface area contributed by atoms with Crippen molar-refractivity contribution < 1.29 is 23.9 Å². The Balaban J connectivity index is 1.52. The summed E-state index contributed by atoms with van der Waals surface area (Å²) in [7, 11) is 0. The van der Waals surface area contributed by atoms with Gasteiger partial charge in [0.05, 0.1) is 0 Å². The topological polar surface area (TPSA) is 96.0 Å². The van der Waals surface area contributed by atoms with Crippen molar-refractivity contribution in [2.75, 3.05) is 13.1 Å². The van der Waals surface area contributed by atoms with Gasteiger partial charge in [-0.2, -0.15) is 0 Å². The summed E-state index contributed by atoms with van der Waals surface area (Å²) in [6.45, 7) is 1.08. The van der Waals surface area contributed by atoms with Gasteiger partial charge in [-0.1, -0.05) is 30.3 Å². The van der Waals surface area contributed by atoms with Crippen LogP contribution in [0.1, 0.15) is 24.8 Å². The molecular formula is C18H21N3O5. The van der Waals surface area contributed by atoms with Crippen molar-refractivity contribution in [2.24, 2.45) is 0 Å². The summed E-state index contributed by atoms with van der Waals surface area (Å²) in [6.07, 6.45) is 1.31. The summed E-state index contributed by atoms with van der Waals surface area (Å²) in [6, 6.07) is 8.04. The Morgan fingerprint density at radius 3 is 2.54 bits per heavy atom. The third-order valence-corrected chi connectivity index (χ3v) is 4.74. The highest BCUT2D eigenvalue weighted by molar-refractivity contribution is 6.05. The molecule has 2 aliphatic rings. The molecule has 2 fully saturated rings. The molecule has 26 heavy (non-hydrogen) atoms. The summed E-state index contributed by atoms with van der Waals surface area (Å²) in [4.78, 5) is 49.8. The van der Waals surface area contributed by atoms with E-state index in [-0.39, 0.29) is 19.1 Å². The summed E-state index contributed by atoms with van der Waals surface area (Å²) < 4.78 is 5.32. The van der Waals surface area contributed by atoms with Crippen molar-refractivity contribution in [3.05, 3.63) is 35.9 Å². The van der Waals surface area contributed by atoms with Crippen molar-refractivity contribution in [1.29, 1.82) is 0 Å². The van der Waals surface area contributed by atoms with E-state index in [1.54, 1.807) is 4.90 Å². The van der Waals surface area contributed by atoms with Crippen LogP contribution in [-0.2, 0) is 20.9 Å². The second-order valence-corrected chi connectivity index (χ2v) is 6.38. The van der Waals surface area contributed by atoms with Crippen molar-refractivity contribution >= 4 is 24.3 Å². The lowest BCUT2D eigenvalue weighted by atomic mass is 10.0. The molecule has 1 atom stereocenters. The summed E-state index contributed by atoms with van der Waals surface area (Å²) in [5.74, 6) is -0.438. The van der Waals surface area contributed by atoms with Gasteiger partial charge in [0.25, 0.3) is 5.91 Å². The standard InChI is InChI=1S/C18H21N3O5/c22-11-8-15-16(23)19-17(24)21(15)14-6-9-20(10-7-14)18(25)26-12-13-4-2-1-3-5-13/h1-5,11,14-15H,6-10,12H2,(H,19,23,24). The van der Waals surface area contributed by atoms with Gasteiger partial charge in [-0.3, -0.25) is 10.1 Å². The van der Waals surface area contributed by atoms with Crippen LogP contribution in [0.3, 0.4) is 0 Å². The van der Waals surface area contributed by atoms with E-state index in [1.807, 2.05) is 30.3 Å². The molecule has 138 valence electrons. The molecule has 1 aromatic carbocycles. The predicted octanol–water partition coefficient (Wildman–Crippen LogP) is 1.30. The first-order valence-corrected chi connectivity index (χ1v) is 8.62. The first-order valence-electron chi connectivity index (χ1n) is 8.62. The van der Waals surface area contributed by atoms with Gasteiger partial charge in [-0.05, 0) is 18.4 Å². The molecule has 0 saturated carbocycles. The van der Waals surface area contributed by atoms with Crippen molar-refractivity contribution in [3.63, 3.8) is 0 Å². The molecule has 1 N–H and O–H groups in total. The lowest BCUT2D eigenvalue weighted by Crippen LogP contribution is -2.50. The third kappa shape index (κ3) is 3.84. The Hall–Kier alpha value is -2.90. The van der Waals surface area contributed by atoms with E-state index in [4.69, 9.17) is 4.74 Å². The number of hydrogen-bond donors (Lipinski definition) is 1. The number of carbonyl (C=O) groups excluding carboxylic acids is 4. The van der Waals surface area contributed by atoms with Gasteiger partial charge in [0.1, 0.15) is 18.9 Å². The number of nitrogens with zero attached hydrogens (tertiary/aromatic N) is 2. The molecule has 1 aromatic rings. The highest BCUT2D eigenvalue weighted by Gasteiger charge is 2.43. The summed E-state index contributed by atoms with van der Waals surface area (Å²) >= 11 is 0. The van der Waals surface area contributed by atoms with Crippen LogP contribution in [0.5, 0.6) is 0 Å². The van der Waals surface area contributed by atoms with Crippen LogP contribution in [0.25, 0.3) is 0 Å². The number of hydrogen-bond acceptors (Lipinski definition) is 5. The zero-order valence-corrected chi connectivity index (χ0v) is 14.3. The van der Waals surface area contributed by atoms with Crippen LogP contribution in [0, 0.1) is 0 Å². The van der Waals surface area contributed by atoms with Gasteiger partial charge < -0.3 is 19.3 Å². The van der Waals surface area contributed by atoms with Gasteiger partial charge in [0, 0.05) is 25.6 Å². The maximum atomic E-state index is 12.2. The number of aldehydes is 1. The van der Waals surface area contributed by atoms with Gasteiger partial charge >= 0.3 is 12.1 Å². The predicted molar refractivity (Wildman–Crippen MR) is 91.1 cm³/mol. The SMILES string of the molecule is O=CCC1C(=O)NC(=O)N1C1CCN(C(=O)OCc2ccccc2)CC1.